The monoisotopic (exact) mass is 303 g/mol. The molecule has 0 spiro atoms. The van der Waals surface area contributed by atoms with Crippen LogP contribution in [0.4, 0.5) is 0 Å². The first-order valence-electron chi connectivity index (χ1n) is 6.31. The summed E-state index contributed by atoms with van der Waals surface area (Å²) in [6.07, 6.45) is 0.491. The summed E-state index contributed by atoms with van der Waals surface area (Å²) in [5.41, 5.74) is 0.662. The van der Waals surface area contributed by atoms with Gasteiger partial charge in [0.15, 0.2) is 0 Å². The summed E-state index contributed by atoms with van der Waals surface area (Å²) in [5.74, 6) is 0. The molecule has 0 heterocycles. The maximum Gasteiger partial charge on any atom is 0.238 e. The van der Waals surface area contributed by atoms with Crippen LogP contribution < -0.4 is 5.14 Å². The minimum atomic E-state index is -3.69. The topological polar surface area (TPSA) is 87.8 Å². The van der Waals surface area contributed by atoms with E-state index in [2.05, 4.69) is 0 Å². The fraction of sp³-hybridized carbons (Fsp3) is 0.538. The van der Waals surface area contributed by atoms with Crippen molar-refractivity contribution in [2.75, 3.05) is 40.1 Å². The lowest BCUT2D eigenvalue weighted by Gasteiger charge is -2.08. The Morgan fingerprint density at radius 1 is 1.00 bits per heavy atom. The number of hydrogen-bond donors (Lipinski definition) is 1. The van der Waals surface area contributed by atoms with Crippen LogP contribution in [-0.4, -0.2) is 48.6 Å². The number of rotatable bonds is 10. The van der Waals surface area contributed by atoms with E-state index in [0.717, 1.165) is 0 Å². The van der Waals surface area contributed by atoms with Crippen LogP contribution in [0.1, 0.15) is 5.56 Å². The Morgan fingerprint density at radius 3 is 2.25 bits per heavy atom. The van der Waals surface area contributed by atoms with Gasteiger partial charge in [0.25, 0.3) is 0 Å². The minimum Gasteiger partial charge on any atom is -0.382 e. The molecule has 0 bridgehead atoms. The van der Waals surface area contributed by atoms with Gasteiger partial charge >= 0.3 is 0 Å². The molecular formula is C13H21NO5S. The lowest BCUT2D eigenvalue weighted by Crippen LogP contribution is -2.15. The zero-order chi connectivity index (χ0) is 14.8. The molecule has 1 aromatic rings. The second kappa shape index (κ2) is 9.04. The lowest BCUT2D eigenvalue weighted by molar-refractivity contribution is 0.0255. The third kappa shape index (κ3) is 6.44. The molecule has 114 valence electrons. The molecule has 0 aliphatic heterocycles. The van der Waals surface area contributed by atoms with Crippen molar-refractivity contribution in [1.29, 1.82) is 0 Å². The van der Waals surface area contributed by atoms with Crippen LogP contribution >= 0.6 is 0 Å². The lowest BCUT2D eigenvalue weighted by atomic mass is 10.2. The molecule has 1 aromatic carbocycles. The van der Waals surface area contributed by atoms with E-state index in [1.54, 1.807) is 25.3 Å². The Kier molecular flexibility index (Phi) is 7.71. The highest BCUT2D eigenvalue weighted by Crippen LogP contribution is 2.14. The summed E-state index contributed by atoms with van der Waals surface area (Å²) in [7, 11) is -2.07. The first kappa shape index (κ1) is 17.1. The maximum atomic E-state index is 11.4. The number of ether oxygens (including phenoxy) is 3. The maximum absolute atomic E-state index is 11.4. The Bertz CT molecular complexity index is 489. The third-order valence-corrected chi connectivity index (χ3v) is 3.61. The van der Waals surface area contributed by atoms with E-state index in [1.165, 1.54) is 6.07 Å². The second-order valence-corrected chi connectivity index (χ2v) is 5.65. The number of sulfonamides is 1. The minimum absolute atomic E-state index is 0.153. The van der Waals surface area contributed by atoms with Crippen LogP contribution in [0.3, 0.4) is 0 Å². The van der Waals surface area contributed by atoms with Gasteiger partial charge in [-0.05, 0) is 18.1 Å². The van der Waals surface area contributed by atoms with Crippen molar-refractivity contribution in [3.8, 4) is 0 Å². The molecule has 0 unspecified atom stereocenters. The van der Waals surface area contributed by atoms with E-state index in [9.17, 15) is 8.42 Å². The molecule has 2 N–H and O–H groups in total. The summed E-state index contributed by atoms with van der Waals surface area (Å²) in [5, 5.41) is 5.16. The van der Waals surface area contributed by atoms with Gasteiger partial charge in [0.05, 0.1) is 37.9 Å². The molecule has 0 fully saturated rings. The first-order chi connectivity index (χ1) is 9.55. The smallest absolute Gasteiger partial charge is 0.238 e. The van der Waals surface area contributed by atoms with Crippen LogP contribution in [0.25, 0.3) is 0 Å². The van der Waals surface area contributed by atoms with Crippen LogP contribution in [0.2, 0.25) is 0 Å². The molecule has 20 heavy (non-hydrogen) atoms. The number of nitrogens with two attached hydrogens (primary N) is 1. The van der Waals surface area contributed by atoms with Gasteiger partial charge < -0.3 is 14.2 Å². The van der Waals surface area contributed by atoms with Crippen molar-refractivity contribution in [3.63, 3.8) is 0 Å². The largest absolute Gasteiger partial charge is 0.382 e. The van der Waals surface area contributed by atoms with E-state index < -0.39 is 10.0 Å². The molecule has 6 nitrogen and oxygen atoms in total. The number of hydrogen-bond acceptors (Lipinski definition) is 5. The molecule has 7 heteroatoms. The zero-order valence-electron chi connectivity index (χ0n) is 11.6. The van der Waals surface area contributed by atoms with Crippen molar-refractivity contribution in [1.82, 2.24) is 0 Å². The van der Waals surface area contributed by atoms with Crippen LogP contribution in [0, 0.1) is 0 Å². The van der Waals surface area contributed by atoms with E-state index in [1.807, 2.05) is 0 Å². The predicted molar refractivity (Wildman–Crippen MR) is 75.0 cm³/mol. The van der Waals surface area contributed by atoms with Crippen LogP contribution in [-0.2, 0) is 30.7 Å². The van der Waals surface area contributed by atoms with Crippen LogP contribution in [0.15, 0.2) is 29.2 Å². The average molecular weight is 303 g/mol. The van der Waals surface area contributed by atoms with Gasteiger partial charge in [0, 0.05) is 7.11 Å². The van der Waals surface area contributed by atoms with Crippen LogP contribution in [0.5, 0.6) is 0 Å². The molecule has 0 amide bonds. The quantitative estimate of drug-likeness (QED) is 0.638. The van der Waals surface area contributed by atoms with Gasteiger partial charge in [-0.2, -0.15) is 0 Å². The highest BCUT2D eigenvalue weighted by molar-refractivity contribution is 7.89. The third-order valence-electron chi connectivity index (χ3n) is 2.60. The summed E-state index contributed by atoms with van der Waals surface area (Å²) in [4.78, 5) is 0.153. The highest BCUT2D eigenvalue weighted by atomic mass is 32.2. The predicted octanol–water partition coefficient (Wildman–Crippen LogP) is 0.556. The normalized spacial score (nSPS) is 11.7. The Balaban J connectivity index is 2.29. The van der Waals surface area contributed by atoms with Gasteiger partial charge in [-0.1, -0.05) is 18.2 Å². The van der Waals surface area contributed by atoms with E-state index in [-0.39, 0.29) is 4.90 Å². The van der Waals surface area contributed by atoms with Gasteiger partial charge in [-0.25, -0.2) is 13.6 Å². The van der Waals surface area contributed by atoms with Crippen molar-refractivity contribution in [2.45, 2.75) is 11.3 Å². The number of primary sulfonamides is 1. The molecule has 0 saturated heterocycles. The Hall–Kier alpha value is -0.990. The van der Waals surface area contributed by atoms with E-state index >= 15 is 0 Å². The summed E-state index contributed by atoms with van der Waals surface area (Å²) >= 11 is 0. The Labute approximate surface area is 119 Å². The van der Waals surface area contributed by atoms with Crippen molar-refractivity contribution in [3.05, 3.63) is 29.8 Å². The molecule has 0 atom stereocenters. The zero-order valence-corrected chi connectivity index (χ0v) is 12.4. The standard InChI is InChI=1S/C13H21NO5S/c1-17-8-9-19-11-10-18-7-6-12-4-2-3-5-13(12)20(14,15)16/h2-5H,6-11H2,1H3,(H2,14,15,16). The summed E-state index contributed by atoms with van der Waals surface area (Å²) < 4.78 is 38.2. The van der Waals surface area contributed by atoms with E-state index in [0.29, 0.717) is 45.0 Å². The van der Waals surface area contributed by atoms with Crippen molar-refractivity contribution >= 4 is 10.0 Å². The first-order valence-corrected chi connectivity index (χ1v) is 7.85. The van der Waals surface area contributed by atoms with E-state index in [4.69, 9.17) is 19.3 Å². The van der Waals surface area contributed by atoms with Gasteiger partial charge in [0.1, 0.15) is 0 Å². The average Bonchev–Trinajstić information content (AvgIpc) is 2.41. The molecule has 0 aliphatic rings. The fourth-order valence-corrected chi connectivity index (χ4v) is 2.44. The van der Waals surface area contributed by atoms with Gasteiger partial charge in [0.2, 0.25) is 10.0 Å². The van der Waals surface area contributed by atoms with Gasteiger partial charge in [-0.3, -0.25) is 0 Å². The summed E-state index contributed by atoms with van der Waals surface area (Å²) in [6, 6.07) is 6.66. The SMILES string of the molecule is COCCOCCOCCc1ccccc1S(N)(=O)=O. The number of benzene rings is 1. The molecule has 0 radical (unpaired) electrons. The van der Waals surface area contributed by atoms with Crippen molar-refractivity contribution in [2.24, 2.45) is 5.14 Å². The molecular weight excluding hydrogens is 282 g/mol. The number of methoxy groups -OCH3 is 1. The molecule has 0 saturated carbocycles. The summed E-state index contributed by atoms with van der Waals surface area (Å²) in [6.45, 7) is 2.46. The second-order valence-electron chi connectivity index (χ2n) is 4.12. The fourth-order valence-electron chi connectivity index (χ4n) is 1.63. The molecule has 0 aliphatic carbocycles. The van der Waals surface area contributed by atoms with Crippen molar-refractivity contribution < 1.29 is 22.6 Å². The molecule has 0 aromatic heterocycles. The molecule has 1 rings (SSSR count). The highest BCUT2D eigenvalue weighted by Gasteiger charge is 2.12. The Morgan fingerprint density at radius 2 is 1.60 bits per heavy atom. The van der Waals surface area contributed by atoms with Gasteiger partial charge in [-0.15, -0.1) is 0 Å².